The van der Waals surface area contributed by atoms with Crippen LogP contribution in [0, 0.1) is 5.92 Å². The Morgan fingerprint density at radius 3 is 2.52 bits per heavy atom. The molecule has 2 heterocycles. The standard InChI is InChI=1S/C16H24N2O5/c1-10-7-17(9-13(23-10)16(21)22)15(20)11-6-14(19)18(8-11)12-4-2-3-5-12/h10-13H,2-9H2,1H3,(H,21,22)/t10-,11?,13?/m1/s1. The van der Waals surface area contributed by atoms with Crippen LogP contribution in [-0.2, 0) is 19.1 Å². The summed E-state index contributed by atoms with van der Waals surface area (Å²) in [5.74, 6) is -1.45. The molecule has 3 fully saturated rings. The summed E-state index contributed by atoms with van der Waals surface area (Å²) in [6, 6.07) is 0.288. The van der Waals surface area contributed by atoms with Gasteiger partial charge in [0.25, 0.3) is 0 Å². The highest BCUT2D eigenvalue weighted by molar-refractivity contribution is 5.90. The van der Waals surface area contributed by atoms with E-state index in [0.717, 1.165) is 25.7 Å². The van der Waals surface area contributed by atoms with E-state index in [4.69, 9.17) is 9.84 Å². The first-order chi connectivity index (χ1) is 11.0. The molecule has 0 aromatic carbocycles. The number of amides is 2. The van der Waals surface area contributed by atoms with E-state index >= 15 is 0 Å². The Hall–Kier alpha value is -1.63. The van der Waals surface area contributed by atoms with Crippen molar-refractivity contribution in [1.82, 2.24) is 9.80 Å². The average Bonchev–Trinajstić information content (AvgIpc) is 3.14. The summed E-state index contributed by atoms with van der Waals surface area (Å²) in [4.78, 5) is 39.5. The first-order valence-corrected chi connectivity index (χ1v) is 8.42. The van der Waals surface area contributed by atoms with Crippen LogP contribution in [0.3, 0.4) is 0 Å². The van der Waals surface area contributed by atoms with Gasteiger partial charge in [-0.1, -0.05) is 12.8 Å². The molecule has 0 spiro atoms. The summed E-state index contributed by atoms with van der Waals surface area (Å²) in [6.07, 6.45) is 3.31. The molecule has 2 amide bonds. The Balaban J connectivity index is 1.63. The zero-order valence-electron chi connectivity index (χ0n) is 13.4. The number of rotatable bonds is 3. The van der Waals surface area contributed by atoms with Gasteiger partial charge in [0.1, 0.15) is 0 Å². The van der Waals surface area contributed by atoms with Gasteiger partial charge in [0, 0.05) is 25.6 Å². The highest BCUT2D eigenvalue weighted by Gasteiger charge is 2.42. The van der Waals surface area contributed by atoms with Crippen LogP contribution in [0.2, 0.25) is 0 Å². The molecule has 128 valence electrons. The summed E-state index contributed by atoms with van der Waals surface area (Å²) >= 11 is 0. The van der Waals surface area contributed by atoms with Gasteiger partial charge < -0.3 is 19.6 Å². The number of carboxylic acids is 1. The normalized spacial score (nSPS) is 32.6. The summed E-state index contributed by atoms with van der Waals surface area (Å²) in [6.45, 7) is 2.69. The van der Waals surface area contributed by atoms with Crippen LogP contribution in [0.4, 0.5) is 0 Å². The Bertz CT molecular complexity index is 503. The molecule has 2 saturated heterocycles. The van der Waals surface area contributed by atoms with Crippen LogP contribution in [-0.4, -0.2) is 70.6 Å². The molecular formula is C16H24N2O5. The van der Waals surface area contributed by atoms with Crippen molar-refractivity contribution in [3.63, 3.8) is 0 Å². The van der Waals surface area contributed by atoms with Crippen LogP contribution in [0.1, 0.15) is 39.0 Å². The van der Waals surface area contributed by atoms with Gasteiger partial charge in [0.2, 0.25) is 11.8 Å². The molecular weight excluding hydrogens is 300 g/mol. The van der Waals surface area contributed by atoms with E-state index in [9.17, 15) is 14.4 Å². The van der Waals surface area contributed by atoms with Crippen LogP contribution in [0.15, 0.2) is 0 Å². The molecule has 1 N–H and O–H groups in total. The Labute approximate surface area is 135 Å². The molecule has 2 unspecified atom stereocenters. The Morgan fingerprint density at radius 2 is 1.87 bits per heavy atom. The van der Waals surface area contributed by atoms with Crippen molar-refractivity contribution in [2.75, 3.05) is 19.6 Å². The number of likely N-dealkylation sites (tertiary alicyclic amines) is 1. The largest absolute Gasteiger partial charge is 0.479 e. The molecule has 1 saturated carbocycles. The zero-order valence-corrected chi connectivity index (χ0v) is 13.4. The van der Waals surface area contributed by atoms with Crippen molar-refractivity contribution in [3.8, 4) is 0 Å². The van der Waals surface area contributed by atoms with Gasteiger partial charge in [-0.2, -0.15) is 0 Å². The minimum absolute atomic E-state index is 0.0614. The average molecular weight is 324 g/mol. The molecule has 2 aliphatic heterocycles. The molecule has 3 atom stereocenters. The number of carboxylic acid groups (broad SMARTS) is 1. The van der Waals surface area contributed by atoms with E-state index in [0.29, 0.717) is 13.1 Å². The minimum atomic E-state index is -1.05. The van der Waals surface area contributed by atoms with Crippen LogP contribution < -0.4 is 0 Å². The number of aliphatic carboxylic acids is 1. The third kappa shape index (κ3) is 3.34. The highest BCUT2D eigenvalue weighted by atomic mass is 16.5. The quantitative estimate of drug-likeness (QED) is 0.816. The first kappa shape index (κ1) is 16.2. The van der Waals surface area contributed by atoms with E-state index in [1.54, 1.807) is 11.8 Å². The van der Waals surface area contributed by atoms with Crippen LogP contribution in [0.5, 0.6) is 0 Å². The van der Waals surface area contributed by atoms with E-state index in [1.165, 1.54) is 0 Å². The molecule has 1 aliphatic carbocycles. The van der Waals surface area contributed by atoms with Gasteiger partial charge in [-0.05, 0) is 19.8 Å². The first-order valence-electron chi connectivity index (χ1n) is 8.42. The second-order valence-corrected chi connectivity index (χ2v) is 6.90. The van der Waals surface area contributed by atoms with Gasteiger partial charge >= 0.3 is 5.97 Å². The summed E-state index contributed by atoms with van der Waals surface area (Å²) in [7, 11) is 0. The number of carbonyl (C=O) groups is 3. The highest BCUT2D eigenvalue weighted by Crippen LogP contribution is 2.30. The zero-order chi connectivity index (χ0) is 16.6. The lowest BCUT2D eigenvalue weighted by atomic mass is 10.1. The van der Waals surface area contributed by atoms with Gasteiger partial charge in [0.05, 0.1) is 18.6 Å². The predicted molar refractivity (Wildman–Crippen MR) is 80.6 cm³/mol. The minimum Gasteiger partial charge on any atom is -0.479 e. The smallest absolute Gasteiger partial charge is 0.334 e. The summed E-state index contributed by atoms with van der Waals surface area (Å²) in [5, 5.41) is 9.12. The van der Waals surface area contributed by atoms with Gasteiger partial charge in [-0.25, -0.2) is 4.79 Å². The molecule has 3 aliphatic rings. The second kappa shape index (κ2) is 6.47. The number of nitrogens with zero attached hydrogens (tertiary/aromatic N) is 2. The fraction of sp³-hybridized carbons (Fsp3) is 0.812. The molecule has 7 heteroatoms. The Kier molecular flexibility index (Phi) is 4.57. The van der Waals surface area contributed by atoms with E-state index < -0.39 is 12.1 Å². The van der Waals surface area contributed by atoms with Crippen LogP contribution >= 0.6 is 0 Å². The summed E-state index contributed by atoms with van der Waals surface area (Å²) < 4.78 is 5.34. The maximum Gasteiger partial charge on any atom is 0.334 e. The van der Waals surface area contributed by atoms with E-state index in [-0.39, 0.29) is 42.8 Å². The molecule has 0 aromatic rings. The van der Waals surface area contributed by atoms with Crippen LogP contribution in [0.25, 0.3) is 0 Å². The lowest BCUT2D eigenvalue weighted by Gasteiger charge is -2.36. The van der Waals surface area contributed by atoms with Crippen molar-refractivity contribution in [3.05, 3.63) is 0 Å². The molecule has 3 rings (SSSR count). The number of hydrogen-bond acceptors (Lipinski definition) is 4. The summed E-state index contributed by atoms with van der Waals surface area (Å²) in [5.41, 5.74) is 0. The topological polar surface area (TPSA) is 87.2 Å². The van der Waals surface area contributed by atoms with E-state index in [2.05, 4.69) is 0 Å². The van der Waals surface area contributed by atoms with Crippen molar-refractivity contribution >= 4 is 17.8 Å². The molecule has 0 bridgehead atoms. The number of morpholine rings is 1. The van der Waals surface area contributed by atoms with Crippen molar-refractivity contribution in [2.24, 2.45) is 5.92 Å². The van der Waals surface area contributed by atoms with Gasteiger partial charge in [0.15, 0.2) is 6.10 Å². The Morgan fingerprint density at radius 1 is 1.17 bits per heavy atom. The number of ether oxygens (including phenoxy) is 1. The van der Waals surface area contributed by atoms with Crippen molar-refractivity contribution in [2.45, 2.75) is 57.3 Å². The molecule has 0 aromatic heterocycles. The van der Waals surface area contributed by atoms with E-state index in [1.807, 2.05) is 4.90 Å². The fourth-order valence-corrected chi connectivity index (χ4v) is 3.99. The van der Waals surface area contributed by atoms with Gasteiger partial charge in [-0.15, -0.1) is 0 Å². The number of carbonyl (C=O) groups excluding carboxylic acids is 2. The maximum absolute atomic E-state index is 12.7. The third-order valence-corrected chi connectivity index (χ3v) is 5.12. The molecule has 23 heavy (non-hydrogen) atoms. The fourth-order valence-electron chi connectivity index (χ4n) is 3.99. The van der Waals surface area contributed by atoms with Gasteiger partial charge in [-0.3, -0.25) is 9.59 Å². The molecule has 7 nitrogen and oxygen atoms in total. The lowest BCUT2D eigenvalue weighted by molar-refractivity contribution is -0.167. The number of hydrogen-bond donors (Lipinski definition) is 1. The van der Waals surface area contributed by atoms with Crippen molar-refractivity contribution < 1.29 is 24.2 Å². The SMILES string of the molecule is C[C@@H]1CN(C(=O)C2CC(=O)N(C3CCCC3)C2)CC(C(=O)O)O1. The van der Waals surface area contributed by atoms with Crippen molar-refractivity contribution in [1.29, 1.82) is 0 Å². The maximum atomic E-state index is 12.7. The monoisotopic (exact) mass is 324 g/mol. The second-order valence-electron chi connectivity index (χ2n) is 6.90. The predicted octanol–water partition coefficient (Wildman–Crippen LogP) is 0.478. The molecule has 0 radical (unpaired) electrons. The third-order valence-electron chi connectivity index (χ3n) is 5.12. The lowest BCUT2D eigenvalue weighted by Crippen LogP contribution is -2.53.